The number of aliphatic imine (C=N–C) groups is 1. The lowest BCUT2D eigenvalue weighted by Crippen LogP contribution is -1.84. The molecule has 0 unspecified atom stereocenters. The Morgan fingerprint density at radius 1 is 1.36 bits per heavy atom. The van der Waals surface area contributed by atoms with Crippen LogP contribution in [0.1, 0.15) is 0 Å². The monoisotopic (exact) mass is 191 g/mol. The summed E-state index contributed by atoms with van der Waals surface area (Å²) in [6.45, 7) is 3.22. The second-order valence-corrected chi connectivity index (χ2v) is 2.54. The summed E-state index contributed by atoms with van der Waals surface area (Å²) >= 11 is 0. The fourth-order valence-electron chi connectivity index (χ4n) is 1.03. The first-order valence-corrected chi connectivity index (χ1v) is 3.86. The molecule has 0 saturated carbocycles. The number of nitrogens with zero attached hydrogens (tertiary/aromatic N) is 3. The molecule has 0 fully saturated rings. The third-order valence-corrected chi connectivity index (χ3v) is 1.67. The number of benzene rings is 1. The molecule has 0 bridgehead atoms. The fraction of sp³-hybridized carbons (Fsp3) is 0. The molecule has 0 aliphatic rings. The van der Waals surface area contributed by atoms with E-state index < -0.39 is 5.82 Å². The summed E-state index contributed by atoms with van der Waals surface area (Å²) in [4.78, 5) is 7.25. The normalized spacial score (nSPS) is 10.1. The summed E-state index contributed by atoms with van der Waals surface area (Å²) in [5.41, 5.74) is 0.283. The summed E-state index contributed by atoms with van der Waals surface area (Å²) in [6, 6.07) is 6.20. The Morgan fingerprint density at radius 2 is 2.14 bits per heavy atom. The van der Waals surface area contributed by atoms with Gasteiger partial charge >= 0.3 is 6.01 Å². The Bertz CT molecular complexity index is 467. The molecule has 1 aromatic heterocycles. The zero-order valence-electron chi connectivity index (χ0n) is 7.14. The Labute approximate surface area is 79.1 Å². The molecule has 1 aromatic carbocycles. The van der Waals surface area contributed by atoms with Crippen molar-refractivity contribution in [1.82, 2.24) is 10.1 Å². The van der Waals surface area contributed by atoms with E-state index in [4.69, 9.17) is 0 Å². The molecule has 0 saturated heterocycles. The molecule has 70 valence electrons. The maximum atomic E-state index is 13.2. The molecule has 2 rings (SSSR count). The van der Waals surface area contributed by atoms with Gasteiger partial charge in [0.15, 0.2) is 0 Å². The maximum absolute atomic E-state index is 13.2. The molecular weight excluding hydrogens is 185 g/mol. The van der Waals surface area contributed by atoms with Crippen molar-refractivity contribution < 1.29 is 8.91 Å². The van der Waals surface area contributed by atoms with Crippen LogP contribution in [0.2, 0.25) is 0 Å². The molecule has 0 aliphatic heterocycles. The lowest BCUT2D eigenvalue weighted by atomic mass is 10.2. The van der Waals surface area contributed by atoms with Crippen LogP contribution in [0.25, 0.3) is 11.4 Å². The van der Waals surface area contributed by atoms with Crippen molar-refractivity contribution in [2.45, 2.75) is 0 Å². The minimum atomic E-state index is -0.399. The van der Waals surface area contributed by atoms with Gasteiger partial charge < -0.3 is 4.52 Å². The van der Waals surface area contributed by atoms with Crippen molar-refractivity contribution in [2.75, 3.05) is 0 Å². The first-order chi connectivity index (χ1) is 6.81. The van der Waals surface area contributed by atoms with Crippen molar-refractivity contribution in [1.29, 1.82) is 0 Å². The van der Waals surface area contributed by atoms with Crippen molar-refractivity contribution >= 4 is 12.7 Å². The van der Waals surface area contributed by atoms with E-state index in [1.165, 1.54) is 6.07 Å². The number of halogens is 1. The third kappa shape index (κ3) is 1.39. The number of hydrogen-bond acceptors (Lipinski definition) is 4. The number of hydrogen-bond donors (Lipinski definition) is 0. The Balaban J connectivity index is 2.49. The predicted octanol–water partition coefficient (Wildman–Crippen LogP) is 2.21. The van der Waals surface area contributed by atoms with E-state index in [1.807, 2.05) is 0 Å². The van der Waals surface area contributed by atoms with Gasteiger partial charge in [-0.2, -0.15) is 4.98 Å². The van der Waals surface area contributed by atoms with Crippen molar-refractivity contribution in [3.05, 3.63) is 30.1 Å². The van der Waals surface area contributed by atoms with Crippen LogP contribution in [-0.2, 0) is 0 Å². The molecule has 0 atom stereocenters. The molecule has 0 N–H and O–H groups in total. The van der Waals surface area contributed by atoms with Gasteiger partial charge in [0.2, 0.25) is 5.82 Å². The highest BCUT2D eigenvalue weighted by atomic mass is 19.1. The van der Waals surface area contributed by atoms with Crippen LogP contribution < -0.4 is 0 Å². The summed E-state index contributed by atoms with van der Waals surface area (Å²) in [6.07, 6.45) is 0. The van der Waals surface area contributed by atoms with Gasteiger partial charge in [-0.15, -0.1) is 0 Å². The second kappa shape index (κ2) is 3.37. The van der Waals surface area contributed by atoms with Crippen molar-refractivity contribution in [2.24, 2.45) is 4.99 Å². The van der Waals surface area contributed by atoms with Gasteiger partial charge in [0, 0.05) is 0 Å². The Hall–Kier alpha value is -2.04. The largest absolute Gasteiger partial charge is 0.347 e. The van der Waals surface area contributed by atoms with Gasteiger partial charge in [-0.3, -0.25) is 0 Å². The van der Waals surface area contributed by atoms with Gasteiger partial charge in [0.25, 0.3) is 0 Å². The lowest BCUT2D eigenvalue weighted by Gasteiger charge is -1.93. The van der Waals surface area contributed by atoms with Gasteiger partial charge in [0.05, 0.1) is 5.56 Å². The minimum absolute atomic E-state index is 0.0308. The first-order valence-electron chi connectivity index (χ1n) is 3.86. The zero-order chi connectivity index (χ0) is 9.97. The molecule has 2 aromatic rings. The molecule has 14 heavy (non-hydrogen) atoms. The number of rotatable bonds is 2. The molecule has 0 spiro atoms. The summed E-state index contributed by atoms with van der Waals surface area (Å²) in [7, 11) is 0. The highest BCUT2D eigenvalue weighted by Gasteiger charge is 2.10. The lowest BCUT2D eigenvalue weighted by molar-refractivity contribution is 0.430. The Morgan fingerprint density at radius 3 is 2.79 bits per heavy atom. The zero-order valence-corrected chi connectivity index (χ0v) is 7.14. The topological polar surface area (TPSA) is 51.3 Å². The van der Waals surface area contributed by atoms with Crippen LogP contribution in [0.3, 0.4) is 0 Å². The van der Waals surface area contributed by atoms with Gasteiger partial charge in [-0.1, -0.05) is 17.3 Å². The quantitative estimate of drug-likeness (QED) is 0.684. The molecule has 0 aliphatic carbocycles. The maximum Gasteiger partial charge on any atom is 0.347 e. The van der Waals surface area contributed by atoms with Crippen LogP contribution in [0.4, 0.5) is 10.4 Å². The van der Waals surface area contributed by atoms with Crippen LogP contribution in [0.5, 0.6) is 0 Å². The molecular formula is C9H6FN3O. The van der Waals surface area contributed by atoms with Crippen molar-refractivity contribution in [3.8, 4) is 11.4 Å². The number of aromatic nitrogens is 2. The van der Waals surface area contributed by atoms with Crippen LogP contribution in [0, 0.1) is 5.82 Å². The average molecular weight is 191 g/mol. The van der Waals surface area contributed by atoms with E-state index in [2.05, 4.69) is 26.4 Å². The van der Waals surface area contributed by atoms with E-state index in [9.17, 15) is 4.39 Å². The van der Waals surface area contributed by atoms with E-state index in [1.54, 1.807) is 18.2 Å². The molecule has 5 heteroatoms. The van der Waals surface area contributed by atoms with Crippen molar-refractivity contribution in [3.63, 3.8) is 0 Å². The average Bonchev–Trinajstić information content (AvgIpc) is 2.67. The van der Waals surface area contributed by atoms with Crippen LogP contribution >= 0.6 is 0 Å². The highest BCUT2D eigenvalue weighted by Crippen LogP contribution is 2.21. The Kier molecular flexibility index (Phi) is 2.06. The van der Waals surface area contributed by atoms with Crippen LogP contribution in [0.15, 0.2) is 33.8 Å². The van der Waals surface area contributed by atoms with Crippen LogP contribution in [-0.4, -0.2) is 16.9 Å². The SMILES string of the molecule is C=Nc1nc(-c2ccccc2F)no1. The van der Waals surface area contributed by atoms with E-state index >= 15 is 0 Å². The van der Waals surface area contributed by atoms with Gasteiger partial charge in [-0.05, 0) is 18.9 Å². The van der Waals surface area contributed by atoms with E-state index in [0.29, 0.717) is 0 Å². The third-order valence-electron chi connectivity index (χ3n) is 1.67. The summed E-state index contributed by atoms with van der Waals surface area (Å²) in [5, 5.41) is 3.56. The molecule has 0 radical (unpaired) electrons. The molecule has 4 nitrogen and oxygen atoms in total. The summed E-state index contributed by atoms with van der Waals surface area (Å²) < 4.78 is 17.9. The van der Waals surface area contributed by atoms with Gasteiger partial charge in [0.1, 0.15) is 5.82 Å². The smallest absolute Gasteiger partial charge is 0.313 e. The predicted molar refractivity (Wildman–Crippen MR) is 48.9 cm³/mol. The molecule has 0 amide bonds. The van der Waals surface area contributed by atoms with E-state index in [-0.39, 0.29) is 17.4 Å². The fourth-order valence-corrected chi connectivity index (χ4v) is 1.03. The van der Waals surface area contributed by atoms with Gasteiger partial charge in [-0.25, -0.2) is 9.38 Å². The standard InChI is InChI=1S/C9H6FN3O/c1-11-9-12-8(13-14-9)6-4-2-3-5-7(6)10/h2-5H,1H2. The van der Waals surface area contributed by atoms with E-state index in [0.717, 1.165) is 0 Å². The summed E-state index contributed by atoms with van der Waals surface area (Å²) in [5.74, 6) is -0.227. The molecule has 1 heterocycles. The first kappa shape index (κ1) is 8.55. The highest BCUT2D eigenvalue weighted by molar-refractivity contribution is 5.56. The minimum Gasteiger partial charge on any atom is -0.313 e. The second-order valence-electron chi connectivity index (χ2n) is 2.54.